The van der Waals surface area contributed by atoms with E-state index < -0.39 is 0 Å². The van der Waals surface area contributed by atoms with Crippen LogP contribution >= 0.6 is 0 Å². The minimum absolute atomic E-state index is 0.0601. The number of aliphatic hydroxyl groups is 1. The van der Waals surface area contributed by atoms with Gasteiger partial charge in [0.2, 0.25) is 0 Å². The van der Waals surface area contributed by atoms with E-state index in [1.165, 1.54) is 0 Å². The van der Waals surface area contributed by atoms with Gasteiger partial charge in [0.15, 0.2) is 0 Å². The van der Waals surface area contributed by atoms with Crippen LogP contribution in [0.3, 0.4) is 0 Å². The third-order valence-electron chi connectivity index (χ3n) is 4.36. The molecule has 1 fully saturated rings. The molecule has 120 valence electrons. The average molecular weight is 286 g/mol. The Morgan fingerprint density at radius 3 is 1.45 bits per heavy atom. The molecule has 0 radical (unpaired) electrons. The fraction of sp³-hybridized carbons (Fsp3) is 0.941. The molecular formula is C17H34O3. The summed E-state index contributed by atoms with van der Waals surface area (Å²) in [5.41, 5.74) is 0.120. The van der Waals surface area contributed by atoms with Crippen LogP contribution in [0, 0.1) is 28.6 Å². The topological polar surface area (TPSA) is 46.5 Å². The Morgan fingerprint density at radius 2 is 1.25 bits per heavy atom. The van der Waals surface area contributed by atoms with Gasteiger partial charge in [-0.05, 0) is 35.5 Å². The highest BCUT2D eigenvalue weighted by Crippen LogP contribution is 2.47. The Labute approximate surface area is 125 Å². The van der Waals surface area contributed by atoms with E-state index in [2.05, 4.69) is 46.3 Å². The Balaban J connectivity index is 0.00000110. The normalized spacial score (nSPS) is 31.2. The zero-order chi connectivity index (χ0) is 16.1. The molecule has 1 saturated carbocycles. The lowest BCUT2D eigenvalue weighted by Gasteiger charge is -2.48. The van der Waals surface area contributed by atoms with Crippen molar-refractivity contribution in [2.45, 2.75) is 60.5 Å². The van der Waals surface area contributed by atoms with E-state index in [9.17, 15) is 9.90 Å². The summed E-state index contributed by atoms with van der Waals surface area (Å²) >= 11 is 0. The molecule has 2 atom stereocenters. The lowest BCUT2D eigenvalue weighted by molar-refractivity contribution is -0.121. The van der Waals surface area contributed by atoms with E-state index in [0.29, 0.717) is 0 Å². The van der Waals surface area contributed by atoms with Gasteiger partial charge in [-0.15, -0.1) is 0 Å². The van der Waals surface area contributed by atoms with Crippen molar-refractivity contribution in [3.63, 3.8) is 0 Å². The first-order chi connectivity index (χ1) is 8.98. The van der Waals surface area contributed by atoms with Crippen molar-refractivity contribution in [3.05, 3.63) is 0 Å². The lowest BCUT2D eigenvalue weighted by atomic mass is 9.59. The van der Waals surface area contributed by atoms with E-state index in [0.717, 1.165) is 19.1 Å². The van der Waals surface area contributed by atoms with Crippen LogP contribution in [0.5, 0.6) is 0 Å². The Hall–Kier alpha value is -0.410. The molecule has 20 heavy (non-hydrogen) atoms. The number of aldehydes is 1. The van der Waals surface area contributed by atoms with Gasteiger partial charge in [-0.2, -0.15) is 0 Å². The predicted octanol–water partition coefficient (Wildman–Crippen LogP) is 3.54. The van der Waals surface area contributed by atoms with Crippen LogP contribution in [-0.4, -0.2) is 31.7 Å². The van der Waals surface area contributed by atoms with Gasteiger partial charge in [-0.1, -0.05) is 41.5 Å². The van der Waals surface area contributed by atoms with E-state index >= 15 is 0 Å². The minimum Gasteiger partial charge on any atom is -0.393 e. The molecule has 1 rings (SSSR count). The number of hydrogen-bond acceptors (Lipinski definition) is 3. The molecule has 1 N–H and O–H groups in total. The molecule has 0 aromatic rings. The molecule has 0 spiro atoms. The van der Waals surface area contributed by atoms with Crippen LogP contribution in [0.2, 0.25) is 0 Å². The van der Waals surface area contributed by atoms with Crippen molar-refractivity contribution in [3.8, 4) is 0 Å². The molecule has 0 aliphatic heterocycles. The van der Waals surface area contributed by atoms with E-state index in [1.54, 1.807) is 14.2 Å². The molecule has 0 bridgehead atoms. The molecule has 0 aromatic carbocycles. The van der Waals surface area contributed by atoms with Gasteiger partial charge in [-0.25, -0.2) is 0 Å². The number of hydrogen-bond donors (Lipinski definition) is 1. The predicted molar refractivity (Wildman–Crippen MR) is 83.6 cm³/mol. The fourth-order valence-corrected chi connectivity index (χ4v) is 3.15. The van der Waals surface area contributed by atoms with Crippen LogP contribution in [-0.2, 0) is 9.53 Å². The molecular weight excluding hydrogens is 252 g/mol. The minimum atomic E-state index is -0.286. The maximum atomic E-state index is 11.1. The molecule has 3 nitrogen and oxygen atoms in total. The number of aliphatic hydroxyl groups excluding tert-OH is 1. The number of rotatable bonds is 1. The smallest absolute Gasteiger partial charge is 0.123 e. The summed E-state index contributed by atoms with van der Waals surface area (Å²) in [6.45, 7) is 13.0. The summed E-state index contributed by atoms with van der Waals surface area (Å²) in [7, 11) is 3.25. The van der Waals surface area contributed by atoms with Gasteiger partial charge in [0.1, 0.15) is 6.29 Å². The highest BCUT2D eigenvalue weighted by Gasteiger charge is 2.45. The first-order valence-electron chi connectivity index (χ1n) is 7.52. The van der Waals surface area contributed by atoms with Crippen molar-refractivity contribution in [1.29, 1.82) is 0 Å². The van der Waals surface area contributed by atoms with Gasteiger partial charge in [-0.3, -0.25) is 0 Å². The second-order valence-electron chi connectivity index (χ2n) is 8.21. The number of methoxy groups -OCH3 is 1. The average Bonchev–Trinajstić information content (AvgIpc) is 2.27. The molecule has 0 amide bonds. The molecule has 2 unspecified atom stereocenters. The van der Waals surface area contributed by atoms with Crippen LogP contribution in [0.4, 0.5) is 0 Å². The zero-order valence-corrected chi connectivity index (χ0v) is 14.6. The highest BCUT2D eigenvalue weighted by atomic mass is 16.4. The summed E-state index contributed by atoms with van der Waals surface area (Å²) in [6.07, 6.45) is 2.47. The molecule has 0 aromatic heterocycles. The van der Waals surface area contributed by atoms with Gasteiger partial charge < -0.3 is 14.6 Å². The van der Waals surface area contributed by atoms with Crippen molar-refractivity contribution in [2.75, 3.05) is 14.2 Å². The van der Waals surface area contributed by atoms with Gasteiger partial charge >= 0.3 is 0 Å². The van der Waals surface area contributed by atoms with E-state index in [-0.39, 0.29) is 34.7 Å². The standard InChI is InChI=1S/C15H28O2.C2H6O/c1-14(2,3)11-7-10(9-16)8-12(13(11)17)15(4,5)6;1-3-2/h9-13,17H,7-8H2,1-6H3;1-2H3. The highest BCUT2D eigenvalue weighted by molar-refractivity contribution is 5.53. The zero-order valence-electron chi connectivity index (χ0n) is 14.6. The number of ether oxygens (including phenoxy) is 1. The summed E-state index contributed by atoms with van der Waals surface area (Å²) < 4.78 is 4.25. The monoisotopic (exact) mass is 286 g/mol. The third-order valence-corrected chi connectivity index (χ3v) is 4.36. The van der Waals surface area contributed by atoms with Crippen molar-refractivity contribution < 1.29 is 14.6 Å². The number of carbonyl (C=O) groups is 1. The van der Waals surface area contributed by atoms with Gasteiger partial charge in [0, 0.05) is 20.1 Å². The molecule has 1 aliphatic rings. The van der Waals surface area contributed by atoms with Crippen molar-refractivity contribution in [1.82, 2.24) is 0 Å². The Morgan fingerprint density at radius 1 is 0.950 bits per heavy atom. The maximum absolute atomic E-state index is 11.1. The second kappa shape index (κ2) is 7.56. The quantitative estimate of drug-likeness (QED) is 0.750. The summed E-state index contributed by atoms with van der Waals surface area (Å²) in [6, 6.07) is 0. The summed E-state index contributed by atoms with van der Waals surface area (Å²) in [5, 5.41) is 10.6. The first kappa shape index (κ1) is 19.6. The van der Waals surface area contributed by atoms with Crippen LogP contribution in [0.25, 0.3) is 0 Å². The Kier molecular flexibility index (Phi) is 7.40. The largest absolute Gasteiger partial charge is 0.393 e. The molecule has 0 saturated heterocycles. The number of carbonyl (C=O) groups excluding carboxylic acids is 1. The molecule has 3 heteroatoms. The van der Waals surface area contributed by atoms with Crippen molar-refractivity contribution >= 4 is 6.29 Å². The SMILES string of the molecule is CC(C)(C)C1CC(C=O)CC(C(C)(C)C)C1O.COC. The Bertz CT molecular complexity index is 262. The van der Waals surface area contributed by atoms with Crippen LogP contribution in [0.15, 0.2) is 0 Å². The third kappa shape index (κ3) is 5.53. The first-order valence-corrected chi connectivity index (χ1v) is 7.52. The van der Waals surface area contributed by atoms with Crippen LogP contribution < -0.4 is 0 Å². The van der Waals surface area contributed by atoms with Gasteiger partial charge in [0.25, 0.3) is 0 Å². The van der Waals surface area contributed by atoms with Gasteiger partial charge in [0.05, 0.1) is 6.10 Å². The maximum Gasteiger partial charge on any atom is 0.123 e. The second-order valence-corrected chi connectivity index (χ2v) is 8.21. The van der Waals surface area contributed by atoms with Crippen molar-refractivity contribution in [2.24, 2.45) is 28.6 Å². The molecule has 0 heterocycles. The molecule has 1 aliphatic carbocycles. The lowest BCUT2D eigenvalue weighted by Crippen LogP contribution is -2.47. The summed E-state index contributed by atoms with van der Waals surface area (Å²) in [4.78, 5) is 11.1. The van der Waals surface area contributed by atoms with E-state index in [4.69, 9.17) is 0 Å². The van der Waals surface area contributed by atoms with Crippen LogP contribution in [0.1, 0.15) is 54.4 Å². The fourth-order valence-electron chi connectivity index (χ4n) is 3.15. The van der Waals surface area contributed by atoms with E-state index in [1.807, 2.05) is 0 Å². The summed E-state index contributed by atoms with van der Waals surface area (Å²) in [5.74, 6) is 0.554.